The van der Waals surface area contributed by atoms with Crippen LogP contribution in [0.3, 0.4) is 0 Å². The van der Waals surface area contributed by atoms with Crippen molar-refractivity contribution in [2.75, 3.05) is 25.6 Å². The molecule has 2 N–H and O–H groups in total. The molecule has 0 unspecified atom stereocenters. The molecule has 2 aromatic rings. The Morgan fingerprint density at radius 3 is 2.42 bits per heavy atom. The first kappa shape index (κ1) is 19.5. The summed E-state index contributed by atoms with van der Waals surface area (Å²) in [6.45, 7) is -0.804. The first-order valence-electron chi connectivity index (χ1n) is 7.62. The lowest BCUT2D eigenvalue weighted by Crippen LogP contribution is -2.32. The Morgan fingerprint density at radius 2 is 1.73 bits per heavy atom. The highest BCUT2D eigenvalue weighted by molar-refractivity contribution is 9.10. The van der Waals surface area contributed by atoms with E-state index in [9.17, 15) is 14.4 Å². The largest absolute Gasteiger partial charge is 0.495 e. The van der Waals surface area contributed by atoms with Gasteiger partial charge in [0.15, 0.2) is 6.61 Å². The van der Waals surface area contributed by atoms with Gasteiger partial charge >= 0.3 is 5.97 Å². The van der Waals surface area contributed by atoms with Crippen LogP contribution < -0.4 is 15.4 Å². The third kappa shape index (κ3) is 5.89. The second kappa shape index (κ2) is 9.57. The van der Waals surface area contributed by atoms with Gasteiger partial charge in [0.05, 0.1) is 12.8 Å². The molecule has 8 heteroatoms. The number of rotatable bonds is 7. The summed E-state index contributed by atoms with van der Waals surface area (Å²) in [5.74, 6) is -1.14. The maximum absolute atomic E-state index is 11.9. The number of para-hydroxylation sites is 2. The van der Waals surface area contributed by atoms with Crippen molar-refractivity contribution in [2.45, 2.75) is 0 Å². The number of carbonyl (C=O) groups excluding carboxylic acids is 3. The summed E-state index contributed by atoms with van der Waals surface area (Å²) in [5, 5.41) is 5.01. The fourth-order valence-corrected chi connectivity index (χ4v) is 2.25. The zero-order valence-corrected chi connectivity index (χ0v) is 15.5. The lowest BCUT2D eigenvalue weighted by molar-refractivity contribution is -0.146. The van der Waals surface area contributed by atoms with E-state index in [-0.39, 0.29) is 6.54 Å². The SMILES string of the molecule is COc1ccccc1NC(=O)COC(=O)CNC(=O)c1ccc(Br)cc1. The maximum Gasteiger partial charge on any atom is 0.325 e. The number of ether oxygens (including phenoxy) is 2. The number of esters is 1. The molecule has 2 aromatic carbocycles. The first-order chi connectivity index (χ1) is 12.5. The van der Waals surface area contributed by atoms with E-state index in [4.69, 9.17) is 9.47 Å². The fraction of sp³-hybridized carbons (Fsp3) is 0.167. The van der Waals surface area contributed by atoms with Gasteiger partial charge in [-0.25, -0.2) is 0 Å². The van der Waals surface area contributed by atoms with E-state index < -0.39 is 24.4 Å². The average molecular weight is 421 g/mol. The number of halogens is 1. The maximum atomic E-state index is 11.9. The Hall–Kier alpha value is -2.87. The molecule has 0 bridgehead atoms. The van der Waals surface area contributed by atoms with E-state index in [0.29, 0.717) is 17.0 Å². The molecular weight excluding hydrogens is 404 g/mol. The number of amides is 2. The second-order valence-electron chi connectivity index (χ2n) is 5.10. The van der Waals surface area contributed by atoms with E-state index in [1.807, 2.05) is 0 Å². The van der Waals surface area contributed by atoms with Crippen molar-refractivity contribution < 1.29 is 23.9 Å². The zero-order chi connectivity index (χ0) is 18.9. The molecule has 0 radical (unpaired) electrons. The summed E-state index contributed by atoms with van der Waals surface area (Å²) < 4.78 is 10.8. The molecule has 0 aliphatic rings. The van der Waals surface area contributed by atoms with Gasteiger partial charge in [-0.05, 0) is 36.4 Å². The number of benzene rings is 2. The summed E-state index contributed by atoms with van der Waals surface area (Å²) in [6.07, 6.45) is 0. The highest BCUT2D eigenvalue weighted by atomic mass is 79.9. The van der Waals surface area contributed by atoms with E-state index in [0.717, 1.165) is 4.47 Å². The molecule has 0 spiro atoms. The fourth-order valence-electron chi connectivity index (χ4n) is 1.99. The van der Waals surface area contributed by atoms with Crippen molar-refractivity contribution in [2.24, 2.45) is 0 Å². The van der Waals surface area contributed by atoms with E-state index >= 15 is 0 Å². The number of methoxy groups -OCH3 is 1. The zero-order valence-electron chi connectivity index (χ0n) is 14.0. The second-order valence-corrected chi connectivity index (χ2v) is 6.01. The lowest BCUT2D eigenvalue weighted by Gasteiger charge is -2.10. The molecule has 2 amide bonds. The van der Waals surface area contributed by atoms with E-state index in [1.54, 1.807) is 48.5 Å². The van der Waals surface area contributed by atoms with Crippen LogP contribution in [0, 0.1) is 0 Å². The highest BCUT2D eigenvalue weighted by Crippen LogP contribution is 2.22. The molecule has 2 rings (SSSR count). The Kier molecular flexibility index (Phi) is 7.16. The van der Waals surface area contributed by atoms with Crippen molar-refractivity contribution in [3.63, 3.8) is 0 Å². The van der Waals surface area contributed by atoms with Gasteiger partial charge in [-0.2, -0.15) is 0 Å². The molecule has 7 nitrogen and oxygen atoms in total. The van der Waals surface area contributed by atoms with Gasteiger partial charge in [-0.15, -0.1) is 0 Å². The van der Waals surface area contributed by atoms with Gasteiger partial charge in [-0.1, -0.05) is 28.1 Å². The van der Waals surface area contributed by atoms with Crippen LogP contribution in [0.1, 0.15) is 10.4 Å². The summed E-state index contributed by atoms with van der Waals surface area (Å²) in [6, 6.07) is 13.5. The van der Waals surface area contributed by atoms with Crippen molar-refractivity contribution in [3.8, 4) is 5.75 Å². The monoisotopic (exact) mass is 420 g/mol. The molecule has 0 aliphatic carbocycles. The minimum absolute atomic E-state index is 0.336. The van der Waals surface area contributed by atoms with Crippen LogP contribution in [-0.2, 0) is 14.3 Å². The average Bonchev–Trinajstić information content (AvgIpc) is 2.65. The minimum atomic E-state index is -0.717. The number of anilines is 1. The lowest BCUT2D eigenvalue weighted by atomic mass is 10.2. The highest BCUT2D eigenvalue weighted by Gasteiger charge is 2.12. The van der Waals surface area contributed by atoms with Gasteiger partial charge < -0.3 is 20.1 Å². The molecule has 0 atom stereocenters. The third-order valence-electron chi connectivity index (χ3n) is 3.25. The van der Waals surface area contributed by atoms with Gasteiger partial charge in [0, 0.05) is 10.0 Å². The van der Waals surface area contributed by atoms with Crippen LogP contribution in [0.5, 0.6) is 5.75 Å². The number of carbonyl (C=O) groups is 3. The predicted octanol–water partition coefficient (Wildman–Crippen LogP) is 2.37. The van der Waals surface area contributed by atoms with E-state index in [1.165, 1.54) is 7.11 Å². The predicted molar refractivity (Wildman–Crippen MR) is 99.1 cm³/mol. The molecule has 0 heterocycles. The smallest absolute Gasteiger partial charge is 0.325 e. The van der Waals surface area contributed by atoms with Crippen LogP contribution in [-0.4, -0.2) is 38.0 Å². The molecule has 0 saturated heterocycles. The van der Waals surface area contributed by atoms with Crippen LogP contribution in [0.15, 0.2) is 53.0 Å². The van der Waals surface area contributed by atoms with Crippen molar-refractivity contribution in [3.05, 3.63) is 58.6 Å². The van der Waals surface area contributed by atoms with Gasteiger partial charge in [0.25, 0.3) is 11.8 Å². The summed E-state index contributed by atoms with van der Waals surface area (Å²) in [7, 11) is 1.49. The van der Waals surface area contributed by atoms with Crippen LogP contribution in [0.25, 0.3) is 0 Å². The topological polar surface area (TPSA) is 93.7 Å². The Labute approximate surface area is 158 Å². The minimum Gasteiger partial charge on any atom is -0.495 e. The molecular formula is C18H17BrN2O5. The van der Waals surface area contributed by atoms with Crippen molar-refractivity contribution in [1.82, 2.24) is 5.32 Å². The van der Waals surface area contributed by atoms with Gasteiger partial charge in [0.2, 0.25) is 0 Å². The quantitative estimate of drug-likeness (QED) is 0.670. The van der Waals surface area contributed by atoms with Gasteiger partial charge in [0.1, 0.15) is 12.3 Å². The van der Waals surface area contributed by atoms with Crippen molar-refractivity contribution >= 4 is 39.4 Å². The van der Waals surface area contributed by atoms with Crippen molar-refractivity contribution in [1.29, 1.82) is 0 Å². The molecule has 0 aliphatic heterocycles. The third-order valence-corrected chi connectivity index (χ3v) is 3.77. The number of hydrogen-bond donors (Lipinski definition) is 2. The Balaban J connectivity index is 1.75. The molecule has 136 valence electrons. The molecule has 26 heavy (non-hydrogen) atoms. The summed E-state index contributed by atoms with van der Waals surface area (Å²) >= 11 is 3.27. The Bertz CT molecular complexity index is 792. The van der Waals surface area contributed by atoms with Crippen LogP contribution in [0.4, 0.5) is 5.69 Å². The van der Waals surface area contributed by atoms with Crippen LogP contribution in [0.2, 0.25) is 0 Å². The normalized spacial score (nSPS) is 9.92. The number of hydrogen-bond acceptors (Lipinski definition) is 5. The Morgan fingerprint density at radius 1 is 1.04 bits per heavy atom. The molecule has 0 fully saturated rings. The summed E-state index contributed by atoms with van der Waals surface area (Å²) in [4.78, 5) is 35.4. The van der Waals surface area contributed by atoms with Crippen LogP contribution >= 0.6 is 15.9 Å². The molecule has 0 saturated carbocycles. The standard InChI is InChI=1S/C18H17BrN2O5/c1-25-15-5-3-2-4-14(15)21-16(22)11-26-17(23)10-20-18(24)12-6-8-13(19)9-7-12/h2-9H,10-11H2,1H3,(H,20,24)(H,21,22). The first-order valence-corrected chi connectivity index (χ1v) is 8.41. The van der Waals surface area contributed by atoms with E-state index in [2.05, 4.69) is 26.6 Å². The van der Waals surface area contributed by atoms with Gasteiger partial charge in [-0.3, -0.25) is 14.4 Å². The number of nitrogens with one attached hydrogen (secondary N) is 2. The molecule has 0 aromatic heterocycles. The summed E-state index contributed by atoms with van der Waals surface area (Å²) in [5.41, 5.74) is 0.884.